The Labute approximate surface area is 219 Å². The van der Waals surface area contributed by atoms with E-state index in [-0.39, 0.29) is 12.0 Å². The van der Waals surface area contributed by atoms with Gasteiger partial charge in [-0.05, 0) is 50.2 Å². The molecule has 1 spiro atoms. The molecule has 3 aliphatic rings. The quantitative estimate of drug-likeness (QED) is 0.448. The molecule has 2 fully saturated rings. The molecule has 0 aromatic heterocycles. The lowest BCUT2D eigenvalue weighted by Crippen LogP contribution is -2.42. The van der Waals surface area contributed by atoms with Crippen molar-refractivity contribution in [3.05, 3.63) is 71.8 Å². The second-order valence-corrected chi connectivity index (χ2v) is 12.3. The molecule has 3 atom stereocenters. The first kappa shape index (κ1) is 25.7. The summed E-state index contributed by atoms with van der Waals surface area (Å²) < 4.78 is 29.6. The first-order valence-corrected chi connectivity index (χ1v) is 14.9. The summed E-state index contributed by atoms with van der Waals surface area (Å²) in [5, 5.41) is 0. The Hall–Kier alpha value is -2.97. The number of aliphatic imine (C=N–C) groups is 1. The summed E-state index contributed by atoms with van der Waals surface area (Å²) in [6.45, 7) is 5.44. The predicted molar refractivity (Wildman–Crippen MR) is 146 cm³/mol. The number of nitrogens with zero attached hydrogens (tertiary/aromatic N) is 2. The number of sulfonamides is 1. The largest absolute Gasteiger partial charge is 0.372 e. The molecule has 1 amide bonds. The van der Waals surface area contributed by atoms with E-state index in [1.807, 2.05) is 10.8 Å². The SMILES string of the molecule is CC(C)N(CCCCOCC(=O)NS(C)(=O)=O)C1=NC(c2ccccc2)=C(c2ccccc2)C23CC2C13. The third-order valence-electron chi connectivity index (χ3n) is 7.61. The van der Waals surface area contributed by atoms with Crippen LogP contribution in [-0.2, 0) is 19.6 Å². The Morgan fingerprint density at radius 3 is 2.32 bits per heavy atom. The van der Waals surface area contributed by atoms with Crippen molar-refractivity contribution in [2.24, 2.45) is 22.2 Å². The highest BCUT2D eigenvalue weighted by Gasteiger charge is 2.83. The molecular formula is C29H35N3O4S. The van der Waals surface area contributed by atoms with E-state index in [2.05, 4.69) is 73.3 Å². The molecule has 37 heavy (non-hydrogen) atoms. The molecular weight excluding hydrogens is 486 g/mol. The lowest BCUT2D eigenvalue weighted by atomic mass is 9.85. The second kappa shape index (κ2) is 10.1. The topological polar surface area (TPSA) is 88.1 Å². The van der Waals surface area contributed by atoms with E-state index in [0.717, 1.165) is 36.9 Å². The number of allylic oxidation sites excluding steroid dienone is 1. The van der Waals surface area contributed by atoms with Crippen LogP contribution in [0.1, 0.15) is 44.2 Å². The van der Waals surface area contributed by atoms with Crippen molar-refractivity contribution in [3.8, 4) is 0 Å². The molecule has 196 valence electrons. The summed E-state index contributed by atoms with van der Waals surface area (Å²) in [5.74, 6) is 1.71. The minimum Gasteiger partial charge on any atom is -0.372 e. The van der Waals surface area contributed by atoms with Gasteiger partial charge < -0.3 is 9.64 Å². The van der Waals surface area contributed by atoms with Crippen LogP contribution in [0, 0.1) is 17.3 Å². The van der Waals surface area contributed by atoms with Gasteiger partial charge in [0.25, 0.3) is 5.91 Å². The van der Waals surface area contributed by atoms with Crippen LogP contribution in [0.15, 0.2) is 65.7 Å². The fourth-order valence-corrected chi connectivity index (χ4v) is 6.28. The van der Waals surface area contributed by atoms with Crippen LogP contribution in [0.2, 0.25) is 0 Å². The van der Waals surface area contributed by atoms with Crippen LogP contribution in [0.3, 0.4) is 0 Å². The zero-order valence-corrected chi connectivity index (χ0v) is 22.5. The third-order valence-corrected chi connectivity index (χ3v) is 8.21. The molecule has 0 bridgehead atoms. The maximum absolute atomic E-state index is 11.6. The van der Waals surface area contributed by atoms with Gasteiger partial charge in [0, 0.05) is 36.1 Å². The Morgan fingerprint density at radius 2 is 1.73 bits per heavy atom. The van der Waals surface area contributed by atoms with Crippen LogP contribution < -0.4 is 4.72 Å². The number of ether oxygens (including phenoxy) is 1. The molecule has 0 saturated heterocycles. The minimum absolute atomic E-state index is 0.215. The van der Waals surface area contributed by atoms with E-state index in [1.165, 1.54) is 23.4 Å². The molecule has 2 aromatic rings. The minimum atomic E-state index is -3.56. The lowest BCUT2D eigenvalue weighted by molar-refractivity contribution is -0.123. The van der Waals surface area contributed by atoms with Gasteiger partial charge in [0.1, 0.15) is 12.4 Å². The summed E-state index contributed by atoms with van der Waals surface area (Å²) in [5.41, 5.74) is 5.16. The Kier molecular flexibility index (Phi) is 6.98. The zero-order valence-electron chi connectivity index (χ0n) is 21.7. The van der Waals surface area contributed by atoms with Crippen LogP contribution >= 0.6 is 0 Å². The van der Waals surface area contributed by atoms with E-state index in [0.29, 0.717) is 24.5 Å². The number of fused-ring (bicyclic) bond motifs is 1. The van der Waals surface area contributed by atoms with Gasteiger partial charge in [0.05, 0.1) is 12.0 Å². The van der Waals surface area contributed by atoms with Crippen LogP contribution in [-0.4, -0.2) is 57.1 Å². The lowest BCUT2D eigenvalue weighted by Gasteiger charge is -2.36. The maximum Gasteiger partial charge on any atom is 0.259 e. The number of hydrogen-bond acceptors (Lipinski definition) is 6. The number of benzene rings is 2. The maximum atomic E-state index is 11.6. The van der Waals surface area contributed by atoms with E-state index < -0.39 is 15.9 Å². The molecule has 1 aliphatic heterocycles. The monoisotopic (exact) mass is 521 g/mol. The second-order valence-electron chi connectivity index (χ2n) is 10.6. The molecule has 8 heteroatoms. The first-order valence-electron chi connectivity index (χ1n) is 13.0. The average molecular weight is 522 g/mol. The van der Waals surface area contributed by atoms with Crippen molar-refractivity contribution in [1.29, 1.82) is 0 Å². The van der Waals surface area contributed by atoms with Crippen LogP contribution in [0.25, 0.3) is 11.3 Å². The Balaban J connectivity index is 1.31. The molecule has 7 nitrogen and oxygen atoms in total. The average Bonchev–Trinajstić information content (AvgIpc) is 3.73. The Morgan fingerprint density at radius 1 is 1.08 bits per heavy atom. The van der Waals surface area contributed by atoms with Gasteiger partial charge in [0.15, 0.2) is 0 Å². The number of carbonyl (C=O) groups excluding carboxylic acids is 1. The van der Waals surface area contributed by atoms with Crippen molar-refractivity contribution in [2.75, 3.05) is 26.0 Å². The van der Waals surface area contributed by atoms with E-state index in [4.69, 9.17) is 9.73 Å². The fourth-order valence-electron chi connectivity index (χ4n) is 5.80. The molecule has 2 saturated carbocycles. The predicted octanol–water partition coefficient (Wildman–Crippen LogP) is 4.19. The van der Waals surface area contributed by atoms with Crippen LogP contribution in [0.5, 0.6) is 0 Å². The first-order chi connectivity index (χ1) is 17.7. The summed E-state index contributed by atoms with van der Waals surface area (Å²) in [7, 11) is -3.56. The van der Waals surface area contributed by atoms with E-state index in [1.54, 1.807) is 0 Å². The summed E-state index contributed by atoms with van der Waals surface area (Å²) in [6.07, 6.45) is 3.85. The van der Waals surface area contributed by atoms with Gasteiger partial charge in [-0.2, -0.15) is 0 Å². The summed E-state index contributed by atoms with van der Waals surface area (Å²) >= 11 is 0. The molecule has 3 unspecified atom stereocenters. The summed E-state index contributed by atoms with van der Waals surface area (Å²) in [6, 6.07) is 21.6. The van der Waals surface area contributed by atoms with Crippen molar-refractivity contribution in [2.45, 2.75) is 39.2 Å². The van der Waals surface area contributed by atoms with Gasteiger partial charge in [-0.3, -0.25) is 9.52 Å². The standard InChI is InChI=1S/C29H35N3O4S/c1-20(2)32(16-10-11-17-36-19-24(33)31-37(3,34)35)28-26-23-18-29(23,26)25(21-12-6-4-7-13-21)27(30-28)22-14-8-5-9-15-22/h4-9,12-15,20,23,26H,10-11,16-19H2,1-3H3,(H,31,33). The number of hydrogen-bond donors (Lipinski definition) is 1. The molecule has 1 N–H and O–H groups in total. The number of rotatable bonds is 11. The van der Waals surface area contributed by atoms with Gasteiger partial charge in [-0.1, -0.05) is 60.7 Å². The molecule has 1 heterocycles. The molecule has 0 radical (unpaired) electrons. The molecule has 2 aliphatic carbocycles. The Bertz CT molecular complexity index is 1320. The fraction of sp³-hybridized carbons (Fsp3) is 0.448. The number of nitrogens with one attached hydrogen (secondary N) is 1. The van der Waals surface area contributed by atoms with Crippen molar-refractivity contribution in [3.63, 3.8) is 0 Å². The van der Waals surface area contributed by atoms with Crippen molar-refractivity contribution in [1.82, 2.24) is 9.62 Å². The van der Waals surface area contributed by atoms with Gasteiger partial charge in [-0.15, -0.1) is 0 Å². The number of unbranched alkanes of at least 4 members (excludes halogenated alkanes) is 1. The van der Waals surface area contributed by atoms with Crippen molar-refractivity contribution >= 4 is 33.0 Å². The van der Waals surface area contributed by atoms with Gasteiger partial charge >= 0.3 is 0 Å². The molecule has 5 rings (SSSR count). The van der Waals surface area contributed by atoms with Gasteiger partial charge in [0.2, 0.25) is 10.0 Å². The zero-order chi connectivity index (χ0) is 26.2. The number of carbonyl (C=O) groups is 1. The van der Waals surface area contributed by atoms with E-state index in [9.17, 15) is 13.2 Å². The third kappa shape index (κ3) is 5.22. The van der Waals surface area contributed by atoms with Crippen molar-refractivity contribution < 1.29 is 17.9 Å². The highest BCUT2D eigenvalue weighted by Crippen LogP contribution is 2.87. The highest BCUT2D eigenvalue weighted by atomic mass is 32.2. The molecule has 2 aromatic carbocycles. The summed E-state index contributed by atoms with van der Waals surface area (Å²) in [4.78, 5) is 19.4. The normalized spacial score (nSPS) is 23.7. The smallest absolute Gasteiger partial charge is 0.259 e. The van der Waals surface area contributed by atoms with Gasteiger partial charge in [-0.25, -0.2) is 13.4 Å². The van der Waals surface area contributed by atoms with E-state index >= 15 is 0 Å². The highest BCUT2D eigenvalue weighted by molar-refractivity contribution is 7.89. The number of amides is 1. The number of amidine groups is 1. The van der Waals surface area contributed by atoms with Crippen LogP contribution in [0.4, 0.5) is 0 Å².